The molecule has 214 valence electrons. The van der Waals surface area contributed by atoms with Crippen LogP contribution < -0.4 is 20.9 Å². The number of nitrogens with one attached hydrogen (secondary N) is 2. The summed E-state index contributed by atoms with van der Waals surface area (Å²) in [6.45, 7) is 2.86. The summed E-state index contributed by atoms with van der Waals surface area (Å²) in [6, 6.07) is 16.3. The van der Waals surface area contributed by atoms with Gasteiger partial charge in [0.2, 0.25) is 0 Å². The average Bonchev–Trinajstić information content (AvgIpc) is 3.40. The zero-order valence-corrected chi connectivity index (χ0v) is 23.4. The lowest BCUT2D eigenvalue weighted by atomic mass is 10.1. The third-order valence-corrected chi connectivity index (χ3v) is 7.66. The topological polar surface area (TPSA) is 138 Å². The molecular formula is C29H30N3O8P. The number of esters is 1. The first-order valence-corrected chi connectivity index (χ1v) is 14.3. The van der Waals surface area contributed by atoms with Gasteiger partial charge in [-0.2, -0.15) is 5.09 Å². The minimum Gasteiger partial charge on any atom is -0.465 e. The largest absolute Gasteiger partial charge is 0.465 e. The summed E-state index contributed by atoms with van der Waals surface area (Å²) in [4.78, 5) is 39.3. The quantitative estimate of drug-likeness (QED) is 0.143. The van der Waals surface area contributed by atoms with Crippen LogP contribution in [-0.4, -0.2) is 40.4 Å². The minimum absolute atomic E-state index is 0.111. The Kier molecular flexibility index (Phi) is 9.42. The van der Waals surface area contributed by atoms with Crippen molar-refractivity contribution in [2.45, 2.75) is 38.1 Å². The number of ether oxygens (including phenoxy) is 2. The zero-order valence-electron chi connectivity index (χ0n) is 22.5. The molecule has 2 N–H and O–H groups in total. The number of carbonyl (C=O) groups is 1. The van der Waals surface area contributed by atoms with E-state index in [1.165, 1.54) is 22.9 Å². The van der Waals surface area contributed by atoms with Crippen LogP contribution in [0.4, 0.5) is 0 Å². The van der Waals surface area contributed by atoms with E-state index in [9.17, 15) is 18.9 Å². The van der Waals surface area contributed by atoms with Gasteiger partial charge >= 0.3 is 19.4 Å². The third kappa shape index (κ3) is 7.51. The maximum atomic E-state index is 14.2. The average molecular weight is 580 g/mol. The molecule has 0 saturated heterocycles. The summed E-state index contributed by atoms with van der Waals surface area (Å²) in [5, 5.41) is 2.74. The number of aryl methyl sites for hydroxylation is 1. The van der Waals surface area contributed by atoms with Gasteiger partial charge in [0.1, 0.15) is 18.4 Å². The number of terminal acetylenes is 1. The van der Waals surface area contributed by atoms with Crippen LogP contribution in [0.2, 0.25) is 0 Å². The second-order valence-corrected chi connectivity index (χ2v) is 10.9. The number of aromatic amines is 1. The number of rotatable bonds is 12. The van der Waals surface area contributed by atoms with E-state index in [-0.39, 0.29) is 18.8 Å². The Morgan fingerprint density at radius 1 is 1.20 bits per heavy atom. The van der Waals surface area contributed by atoms with Crippen LogP contribution in [0.25, 0.3) is 0 Å². The number of aromatic nitrogens is 2. The van der Waals surface area contributed by atoms with Crippen LogP contribution >= 0.6 is 7.75 Å². The van der Waals surface area contributed by atoms with Gasteiger partial charge in [0.25, 0.3) is 5.56 Å². The molecule has 0 radical (unpaired) electrons. The van der Waals surface area contributed by atoms with Gasteiger partial charge in [0, 0.05) is 11.8 Å². The number of para-hydroxylation sites is 1. The molecule has 1 aromatic heterocycles. The predicted octanol–water partition coefficient (Wildman–Crippen LogP) is 3.27. The highest BCUT2D eigenvalue weighted by Gasteiger charge is 2.41. The first kappa shape index (κ1) is 29.8. The van der Waals surface area contributed by atoms with Crippen molar-refractivity contribution in [3.8, 4) is 18.1 Å². The van der Waals surface area contributed by atoms with Crippen molar-refractivity contribution >= 4 is 13.7 Å². The smallest absolute Gasteiger partial charge is 0.459 e. The molecule has 0 fully saturated rings. The van der Waals surface area contributed by atoms with Crippen LogP contribution in [0.15, 0.2) is 88.6 Å². The van der Waals surface area contributed by atoms with E-state index < -0.39 is 49.4 Å². The molecule has 0 bridgehead atoms. The van der Waals surface area contributed by atoms with E-state index >= 15 is 0 Å². The fraction of sp³-hybridized carbons (Fsp3) is 0.276. The fourth-order valence-corrected chi connectivity index (χ4v) is 5.54. The monoisotopic (exact) mass is 579 g/mol. The summed E-state index contributed by atoms with van der Waals surface area (Å²) >= 11 is 0. The molecule has 0 aliphatic carbocycles. The molecule has 12 heteroatoms. The highest BCUT2D eigenvalue weighted by atomic mass is 31.2. The van der Waals surface area contributed by atoms with E-state index in [1.54, 1.807) is 44.2 Å². The van der Waals surface area contributed by atoms with Gasteiger partial charge in [-0.25, -0.2) is 9.36 Å². The van der Waals surface area contributed by atoms with E-state index in [4.69, 9.17) is 24.9 Å². The molecule has 1 aliphatic heterocycles. The predicted molar refractivity (Wildman–Crippen MR) is 151 cm³/mol. The molecule has 41 heavy (non-hydrogen) atoms. The number of nitrogens with zero attached hydrogens (tertiary/aromatic N) is 1. The number of hydrogen-bond donors (Lipinski definition) is 2. The maximum absolute atomic E-state index is 14.2. The lowest BCUT2D eigenvalue weighted by Crippen LogP contribution is -2.41. The van der Waals surface area contributed by atoms with Crippen LogP contribution in [-0.2, 0) is 29.8 Å². The van der Waals surface area contributed by atoms with Crippen molar-refractivity contribution in [1.82, 2.24) is 14.6 Å². The van der Waals surface area contributed by atoms with Crippen molar-refractivity contribution in [2.75, 3.05) is 13.2 Å². The van der Waals surface area contributed by atoms with Crippen molar-refractivity contribution in [2.24, 2.45) is 0 Å². The maximum Gasteiger partial charge on any atom is 0.459 e. The summed E-state index contributed by atoms with van der Waals surface area (Å²) in [7, 11) is -4.31. The Labute approximate surface area is 236 Å². The molecule has 0 unspecified atom stereocenters. The number of hydrogen-bond acceptors (Lipinski definition) is 8. The van der Waals surface area contributed by atoms with Gasteiger partial charge in [0.05, 0.1) is 6.61 Å². The van der Waals surface area contributed by atoms with Gasteiger partial charge in [-0.1, -0.05) is 54.5 Å². The van der Waals surface area contributed by atoms with Crippen molar-refractivity contribution < 1.29 is 27.9 Å². The highest BCUT2D eigenvalue weighted by Crippen LogP contribution is 2.47. The number of benzene rings is 2. The van der Waals surface area contributed by atoms with Crippen molar-refractivity contribution in [3.63, 3.8) is 0 Å². The van der Waals surface area contributed by atoms with Crippen LogP contribution in [0.1, 0.15) is 24.3 Å². The molecule has 11 nitrogen and oxygen atoms in total. The summed E-state index contributed by atoms with van der Waals surface area (Å²) in [6.07, 6.45) is 9.33. The van der Waals surface area contributed by atoms with Crippen LogP contribution in [0, 0.1) is 19.3 Å². The Bertz CT molecular complexity index is 1600. The minimum atomic E-state index is -4.31. The molecule has 0 spiro atoms. The Morgan fingerprint density at radius 3 is 2.54 bits per heavy atom. The lowest BCUT2D eigenvalue weighted by molar-refractivity contribution is -0.145. The Hall–Kier alpha value is -4.20. The second kappa shape index (κ2) is 13.0. The van der Waals surface area contributed by atoms with Gasteiger partial charge < -0.3 is 14.0 Å². The lowest BCUT2D eigenvalue weighted by Gasteiger charge is -2.28. The molecule has 2 aromatic carbocycles. The van der Waals surface area contributed by atoms with E-state index in [0.717, 1.165) is 5.56 Å². The van der Waals surface area contributed by atoms with Gasteiger partial charge in [-0.05, 0) is 50.1 Å². The molecule has 3 aromatic rings. The number of carbonyl (C=O) groups excluding carboxylic acids is 1. The molecule has 0 saturated carbocycles. The SMILES string of the molecule is C#C[C@@]1(CO[P@](=O)(N[C@@H](Cc2ccccc2)C(=O)OCC)Oc2ccccc2)C=C[C@H](n2cc(C)c(=O)[nH]c2=O)O1. The van der Waals surface area contributed by atoms with Crippen LogP contribution in [0.5, 0.6) is 5.75 Å². The molecule has 2 heterocycles. The summed E-state index contributed by atoms with van der Waals surface area (Å²) in [5.41, 5.74) is -1.68. The summed E-state index contributed by atoms with van der Waals surface area (Å²) < 4.78 is 38.1. The van der Waals surface area contributed by atoms with Crippen molar-refractivity contribution in [1.29, 1.82) is 0 Å². The molecule has 0 amide bonds. The Morgan fingerprint density at radius 2 is 1.88 bits per heavy atom. The zero-order chi connectivity index (χ0) is 29.5. The van der Waals surface area contributed by atoms with Gasteiger partial charge in [0.15, 0.2) is 11.8 Å². The second-order valence-electron chi connectivity index (χ2n) is 9.18. The first-order valence-electron chi connectivity index (χ1n) is 12.8. The Balaban J connectivity index is 1.59. The molecule has 1 aliphatic rings. The fourth-order valence-electron chi connectivity index (χ4n) is 4.02. The van der Waals surface area contributed by atoms with Gasteiger partial charge in [-0.15, -0.1) is 6.42 Å². The molecule has 4 rings (SSSR count). The molecule has 4 atom stereocenters. The third-order valence-electron chi connectivity index (χ3n) is 6.11. The van der Waals surface area contributed by atoms with Crippen molar-refractivity contribution in [3.05, 3.63) is 111 Å². The van der Waals surface area contributed by atoms with E-state index in [2.05, 4.69) is 16.0 Å². The summed E-state index contributed by atoms with van der Waals surface area (Å²) in [5.74, 6) is 2.05. The normalized spacial score (nSPS) is 20.1. The molecular weight excluding hydrogens is 549 g/mol. The van der Waals surface area contributed by atoms with Gasteiger partial charge in [-0.3, -0.25) is 23.7 Å². The number of H-pyrrole nitrogens is 1. The first-order chi connectivity index (χ1) is 19.7. The van der Waals surface area contributed by atoms with E-state index in [1.807, 2.05) is 30.3 Å². The highest BCUT2D eigenvalue weighted by molar-refractivity contribution is 7.52. The van der Waals surface area contributed by atoms with Crippen LogP contribution in [0.3, 0.4) is 0 Å². The van der Waals surface area contributed by atoms with E-state index in [0.29, 0.717) is 5.56 Å². The standard InChI is InChI=1S/C29H30N3O8P/c1-4-29(17-16-25(39-29)32-19-21(3)26(33)30-28(32)35)20-38-41(36,40-23-14-10-7-11-15-23)31-24(27(34)37-5-2)18-22-12-8-6-9-13-22/h1,6-17,19,24-25H,5,18,20H2,2-3H3,(H,31,36)(H,30,33,35)/t24-,25+,29-,41+/m0/s1.